The Labute approximate surface area is 208 Å². The molecule has 3 nitrogen and oxygen atoms in total. The van der Waals surface area contributed by atoms with E-state index in [1.54, 1.807) is 83.1 Å². The summed E-state index contributed by atoms with van der Waals surface area (Å²) >= 11 is 0. The Balaban J connectivity index is 0.000000624. The van der Waals surface area contributed by atoms with Crippen molar-refractivity contribution in [2.75, 3.05) is 0 Å². The molecule has 3 rings (SSSR count). The van der Waals surface area contributed by atoms with Crippen molar-refractivity contribution >= 4 is 18.0 Å². The molecule has 0 amide bonds. The van der Waals surface area contributed by atoms with Gasteiger partial charge >= 0.3 is 25.9 Å². The maximum atomic E-state index is 10.7. The molecule has 0 spiro atoms. The Morgan fingerprint density at radius 2 is 1.00 bits per heavy atom. The summed E-state index contributed by atoms with van der Waals surface area (Å²) in [5, 5.41) is 0. The second kappa shape index (κ2) is 16.9. The number of rotatable bonds is 3. The molecule has 0 atom stereocenters. The fourth-order valence-corrected chi connectivity index (χ4v) is 9.71. The van der Waals surface area contributed by atoms with E-state index in [9.17, 15) is 13.2 Å². The molecule has 0 radical (unpaired) electrons. The first-order chi connectivity index (χ1) is 14.6. The first-order valence-electron chi connectivity index (χ1n) is 11.8. The van der Waals surface area contributed by atoms with Crippen LogP contribution in [0.1, 0.15) is 103 Å². The molecule has 3 saturated carbocycles. The van der Waals surface area contributed by atoms with E-state index in [4.69, 9.17) is 13.0 Å². The summed E-state index contributed by atoms with van der Waals surface area (Å²) in [6, 6.07) is 0. The van der Waals surface area contributed by atoms with Crippen LogP contribution in [0.5, 0.6) is 0 Å². The fourth-order valence-electron chi connectivity index (χ4n) is 5.03. The Kier molecular flexibility index (Phi) is 17.1. The van der Waals surface area contributed by atoms with Gasteiger partial charge in [0.15, 0.2) is 10.1 Å². The van der Waals surface area contributed by atoms with Gasteiger partial charge in [-0.15, -0.1) is 6.92 Å². The first kappa shape index (κ1) is 32.4. The monoisotopic (exact) mass is 590 g/mol. The van der Waals surface area contributed by atoms with Crippen LogP contribution in [0.2, 0.25) is 0 Å². The quantitative estimate of drug-likeness (QED) is 0.110. The molecule has 3 aliphatic rings. The summed E-state index contributed by atoms with van der Waals surface area (Å²) in [7, 11) is -5.71. The van der Waals surface area contributed by atoms with Gasteiger partial charge in [-0.1, -0.05) is 65.7 Å². The molecule has 0 unspecified atom stereocenters. The maximum Gasteiger partial charge on any atom is 2.00 e. The first-order valence-corrected chi connectivity index (χ1v) is 14.8. The number of alkyl halides is 3. The average molecular weight is 591 g/mol. The third-order valence-electron chi connectivity index (χ3n) is 6.51. The normalized spacial score (nSPS) is 21.8. The minimum Gasteiger partial charge on any atom is -0.741 e. The largest absolute Gasteiger partial charge is 2.00 e. The van der Waals surface area contributed by atoms with Crippen molar-refractivity contribution in [3.8, 4) is 0 Å². The van der Waals surface area contributed by atoms with Crippen LogP contribution >= 0.6 is 7.92 Å². The van der Waals surface area contributed by atoms with Gasteiger partial charge in [-0.2, -0.15) is 13.2 Å². The standard InChI is InChI=1S/C18H33P.C4H7.CHF3O3S.Pd/c1-4-10-16(11-5-1)19(17-12-6-2-7-13-17)18-14-8-3-9-15-18;1-3-4-2;2-1(3,4)8(5,6)7;/h16-18H,1-15H2;3-4H,1H2,2H3;(H,5,6,7);/q;-1;;+2/p-1/b;4-3+;;. The van der Waals surface area contributed by atoms with E-state index in [2.05, 4.69) is 6.92 Å². The van der Waals surface area contributed by atoms with E-state index in [1.807, 2.05) is 13.0 Å². The van der Waals surface area contributed by atoms with Crippen LogP contribution < -0.4 is 0 Å². The maximum absolute atomic E-state index is 10.7. The Morgan fingerprint density at radius 3 is 1.16 bits per heavy atom. The van der Waals surface area contributed by atoms with Gasteiger partial charge in [-0.25, -0.2) is 27.5 Å². The SMILES string of the molecule is C1CCC(P(C2CCCCC2)C2CCCCC2)CC1.O=S(=O)([O-])C(F)(F)F.[CH2-]/C=C/C.[Pd+2]. The van der Waals surface area contributed by atoms with Crippen molar-refractivity contribution in [3.63, 3.8) is 0 Å². The van der Waals surface area contributed by atoms with Crippen LogP contribution in [-0.4, -0.2) is 35.5 Å². The van der Waals surface area contributed by atoms with E-state index >= 15 is 0 Å². The number of hydrogen-bond donors (Lipinski definition) is 0. The second-order valence-electron chi connectivity index (χ2n) is 8.79. The summed E-state index contributed by atoms with van der Waals surface area (Å²) < 4.78 is 58.9. The molecule has 0 aromatic carbocycles. The minimum atomic E-state index is -6.09. The van der Waals surface area contributed by atoms with E-state index in [-0.39, 0.29) is 20.4 Å². The van der Waals surface area contributed by atoms with Crippen molar-refractivity contribution in [1.29, 1.82) is 0 Å². The minimum absolute atomic E-state index is 0. The summed E-state index contributed by atoms with van der Waals surface area (Å²) in [6.45, 7) is 5.36. The molecule has 9 heteroatoms. The van der Waals surface area contributed by atoms with Crippen molar-refractivity contribution in [2.45, 2.75) is 126 Å². The molecular formula is C23H40F3O3PPdS. The van der Waals surface area contributed by atoms with Crippen LogP contribution in [0, 0.1) is 6.92 Å². The van der Waals surface area contributed by atoms with Gasteiger partial charge in [0, 0.05) is 0 Å². The van der Waals surface area contributed by atoms with E-state index in [0.717, 1.165) is 0 Å². The van der Waals surface area contributed by atoms with Crippen molar-refractivity contribution in [1.82, 2.24) is 0 Å². The van der Waals surface area contributed by atoms with Gasteiger partial charge in [0.1, 0.15) is 0 Å². The van der Waals surface area contributed by atoms with Crippen molar-refractivity contribution in [3.05, 3.63) is 19.1 Å². The fraction of sp³-hybridized carbons (Fsp3) is 0.870. The third-order valence-corrected chi connectivity index (χ3v) is 11.2. The average Bonchev–Trinajstić information content (AvgIpc) is 2.75. The van der Waals surface area contributed by atoms with Crippen LogP contribution in [0.4, 0.5) is 13.2 Å². The zero-order valence-corrected chi connectivity index (χ0v) is 22.5. The zero-order valence-electron chi connectivity index (χ0n) is 19.2. The summed E-state index contributed by atoms with van der Waals surface area (Å²) in [5.41, 5.74) is -2.08. The molecule has 0 aliphatic heterocycles. The molecule has 0 aromatic rings. The number of allylic oxidation sites excluding steroid dienone is 2. The summed E-state index contributed by atoms with van der Waals surface area (Å²) in [5.74, 6) is 0. The molecule has 0 saturated heterocycles. The van der Waals surface area contributed by atoms with Gasteiger partial charge in [0.2, 0.25) is 0 Å². The Morgan fingerprint density at radius 1 is 0.781 bits per heavy atom. The number of halogens is 3. The zero-order chi connectivity index (χ0) is 23.3. The van der Waals surface area contributed by atoms with Gasteiger partial charge in [0.05, 0.1) is 0 Å². The topological polar surface area (TPSA) is 57.2 Å². The summed E-state index contributed by atoms with van der Waals surface area (Å²) in [6.07, 6.45) is 27.3. The van der Waals surface area contributed by atoms with E-state index < -0.39 is 15.6 Å². The summed E-state index contributed by atoms with van der Waals surface area (Å²) in [4.78, 5) is 0. The third kappa shape index (κ3) is 12.2. The van der Waals surface area contributed by atoms with E-state index in [0.29, 0.717) is 7.92 Å². The molecule has 0 aromatic heterocycles. The van der Waals surface area contributed by atoms with Crippen LogP contribution in [0.15, 0.2) is 12.2 Å². The Hall–Kier alpha value is 0.402. The van der Waals surface area contributed by atoms with Gasteiger partial charge in [-0.05, 0) is 55.5 Å². The smallest absolute Gasteiger partial charge is 0.741 e. The van der Waals surface area contributed by atoms with Crippen molar-refractivity contribution in [2.24, 2.45) is 0 Å². The molecule has 0 N–H and O–H groups in total. The molecule has 0 bridgehead atoms. The molecule has 3 fully saturated rings. The van der Waals surface area contributed by atoms with Gasteiger partial charge in [0.25, 0.3) is 0 Å². The second-order valence-corrected chi connectivity index (χ2v) is 13.2. The van der Waals surface area contributed by atoms with Crippen LogP contribution in [0.25, 0.3) is 0 Å². The molecule has 0 heterocycles. The van der Waals surface area contributed by atoms with Gasteiger partial charge in [-0.3, -0.25) is 0 Å². The van der Waals surface area contributed by atoms with Crippen LogP contribution in [-0.2, 0) is 30.5 Å². The molecule has 3 aliphatic carbocycles. The molecule has 192 valence electrons. The predicted octanol–water partition coefficient (Wildman–Crippen LogP) is 7.91. The molecule has 32 heavy (non-hydrogen) atoms. The van der Waals surface area contributed by atoms with Crippen LogP contribution in [0.3, 0.4) is 0 Å². The molecular weight excluding hydrogens is 551 g/mol. The predicted molar refractivity (Wildman–Crippen MR) is 123 cm³/mol. The van der Waals surface area contributed by atoms with Crippen molar-refractivity contribution < 1.29 is 46.6 Å². The Bertz CT molecular complexity index is 549. The van der Waals surface area contributed by atoms with Gasteiger partial charge < -0.3 is 4.55 Å². The number of hydrogen-bond acceptors (Lipinski definition) is 3. The van der Waals surface area contributed by atoms with E-state index in [1.165, 1.54) is 36.2 Å².